The molecule has 0 aromatic carbocycles. The van der Waals surface area contributed by atoms with Gasteiger partial charge in [0, 0.05) is 0 Å². The molecule has 0 fully saturated rings. The second kappa shape index (κ2) is 6.98. The summed E-state index contributed by atoms with van der Waals surface area (Å²) in [5.74, 6) is 0. The molecular formula is C8H10F6N3O4S2+. The standard InChI is InChI=1S/C6H10N2.C2F6NO4S2/c1-3-8-5-4-7(2)6-8;3-1(4,5)14(10,11)9-15(12,13)2(6,7)8/h4-5H,3H2,1-2H3;/q+2;-1. The third kappa shape index (κ3) is 6.29. The van der Waals surface area contributed by atoms with Crippen LogP contribution in [0.1, 0.15) is 6.92 Å². The Bertz CT molecular complexity index is 700. The van der Waals surface area contributed by atoms with Crippen molar-refractivity contribution in [1.29, 1.82) is 0 Å². The molecule has 0 N–H and O–H groups in total. The lowest BCUT2D eigenvalue weighted by atomic mass is 10.7. The molecule has 1 heterocycles. The first-order chi connectivity index (χ1) is 10.0. The molecular weight excluding hydrogens is 380 g/mol. The number of rotatable bonds is 3. The summed E-state index contributed by atoms with van der Waals surface area (Å²) in [4.78, 5) is 0. The van der Waals surface area contributed by atoms with E-state index in [-0.39, 0.29) is 0 Å². The van der Waals surface area contributed by atoms with Gasteiger partial charge in [-0.1, -0.05) is 9.15 Å². The van der Waals surface area contributed by atoms with Gasteiger partial charge >= 0.3 is 17.0 Å². The number of halogens is 6. The van der Waals surface area contributed by atoms with E-state index in [1.807, 2.05) is 28.6 Å². The first-order valence-corrected chi connectivity index (χ1v) is 8.22. The highest BCUT2D eigenvalue weighted by Crippen LogP contribution is 2.36. The lowest BCUT2D eigenvalue weighted by molar-refractivity contribution is -0.467. The van der Waals surface area contributed by atoms with E-state index >= 15 is 0 Å². The van der Waals surface area contributed by atoms with Gasteiger partial charge in [0.25, 0.3) is 0 Å². The molecule has 0 aromatic rings. The van der Waals surface area contributed by atoms with Gasteiger partial charge in [0.1, 0.15) is 0 Å². The predicted octanol–water partition coefficient (Wildman–Crippen LogP) is 1.38. The quantitative estimate of drug-likeness (QED) is 0.538. The maximum Gasteiger partial charge on any atom is 0.488 e. The summed E-state index contributed by atoms with van der Waals surface area (Å²) in [6, 6.07) is 3.06. The highest BCUT2D eigenvalue weighted by molar-refractivity contribution is 8.13. The summed E-state index contributed by atoms with van der Waals surface area (Å²) >= 11 is 0. The van der Waals surface area contributed by atoms with Crippen LogP contribution < -0.4 is 0 Å². The van der Waals surface area contributed by atoms with E-state index in [4.69, 9.17) is 0 Å². The Labute approximate surface area is 127 Å². The van der Waals surface area contributed by atoms with Crippen molar-refractivity contribution in [2.24, 2.45) is 0 Å². The topological polar surface area (TPSA) is 88.4 Å². The molecule has 0 bridgehead atoms. The van der Waals surface area contributed by atoms with Crippen LogP contribution in [0.3, 0.4) is 0 Å². The number of hydrogen-bond donors (Lipinski definition) is 0. The highest BCUT2D eigenvalue weighted by Gasteiger charge is 2.46. The summed E-state index contributed by atoms with van der Waals surface area (Å²) in [5.41, 5.74) is -12.4. The monoisotopic (exact) mass is 390 g/mol. The second-order valence-electron chi connectivity index (χ2n) is 3.71. The van der Waals surface area contributed by atoms with Crippen molar-refractivity contribution in [3.05, 3.63) is 16.5 Å². The first-order valence-electron chi connectivity index (χ1n) is 5.34. The Balaban J connectivity index is 0.000000502. The summed E-state index contributed by atoms with van der Waals surface area (Å²) in [6.45, 7) is 3.09. The van der Waals surface area contributed by atoms with Crippen molar-refractivity contribution in [2.45, 2.75) is 17.9 Å². The lowest BCUT2D eigenvalue weighted by Gasteiger charge is -2.22. The Kier molecular flexibility index (Phi) is 6.55. The van der Waals surface area contributed by atoms with Crippen molar-refractivity contribution in [2.75, 3.05) is 13.6 Å². The van der Waals surface area contributed by atoms with Crippen molar-refractivity contribution in [1.82, 2.24) is 0 Å². The van der Waals surface area contributed by atoms with E-state index in [1.54, 1.807) is 0 Å². The van der Waals surface area contributed by atoms with Crippen LogP contribution in [0.15, 0.2) is 12.4 Å². The normalized spacial score (nSPS) is 15.7. The van der Waals surface area contributed by atoms with Gasteiger partial charge in [-0.15, -0.1) is 0 Å². The molecule has 1 aliphatic rings. The molecule has 0 aromatic heterocycles. The fourth-order valence-corrected chi connectivity index (χ4v) is 2.55. The third-order valence-electron chi connectivity index (χ3n) is 1.88. The van der Waals surface area contributed by atoms with Gasteiger partial charge in [-0.3, -0.25) is 0 Å². The Morgan fingerprint density at radius 2 is 1.35 bits per heavy atom. The summed E-state index contributed by atoms with van der Waals surface area (Å²) in [6.07, 6.45) is 3.98. The molecule has 0 unspecified atom stereocenters. The molecule has 1 rings (SSSR count). The average Bonchev–Trinajstić information content (AvgIpc) is 2.71. The van der Waals surface area contributed by atoms with Crippen molar-refractivity contribution >= 4 is 26.1 Å². The Morgan fingerprint density at radius 1 is 0.957 bits per heavy atom. The van der Waals surface area contributed by atoms with Gasteiger partial charge in [0.05, 0.1) is 0 Å². The van der Waals surface area contributed by atoms with Gasteiger partial charge in [-0.25, -0.2) is 16.8 Å². The number of hydrogen-bond acceptors (Lipinski definition) is 4. The SMILES string of the molecule is CC[N+]1=C=[N+](C)C=C1.O=S(=O)([N-]S(=O)(=O)C(F)(F)F)C(F)(F)F. The van der Waals surface area contributed by atoms with Gasteiger partial charge in [-0.05, 0) is 6.92 Å². The zero-order valence-electron chi connectivity index (χ0n) is 11.4. The van der Waals surface area contributed by atoms with E-state index in [9.17, 15) is 43.2 Å². The van der Waals surface area contributed by atoms with Crippen LogP contribution in [0.4, 0.5) is 26.3 Å². The zero-order chi connectivity index (χ0) is 18.7. The van der Waals surface area contributed by atoms with Gasteiger partial charge in [-0.2, -0.15) is 26.3 Å². The number of alkyl halides is 6. The van der Waals surface area contributed by atoms with Crippen LogP contribution in [0.25, 0.3) is 4.13 Å². The van der Waals surface area contributed by atoms with E-state index in [1.165, 1.54) is 0 Å². The van der Waals surface area contributed by atoms with Gasteiger partial charge in [0.2, 0.25) is 12.4 Å². The van der Waals surface area contributed by atoms with E-state index in [0.29, 0.717) is 0 Å². The predicted molar refractivity (Wildman–Crippen MR) is 64.4 cm³/mol. The largest absolute Gasteiger partial charge is 0.488 e. The minimum absolute atomic E-state index is 0.778. The van der Waals surface area contributed by atoms with Gasteiger partial charge < -0.3 is 4.13 Å². The highest BCUT2D eigenvalue weighted by atomic mass is 32.3. The van der Waals surface area contributed by atoms with Crippen molar-refractivity contribution in [3.8, 4) is 0 Å². The molecule has 23 heavy (non-hydrogen) atoms. The Hall–Kier alpha value is -1.44. The molecule has 0 atom stereocenters. The second-order valence-corrected chi connectivity index (χ2v) is 7.13. The number of sulfonamides is 2. The van der Waals surface area contributed by atoms with Crippen LogP contribution >= 0.6 is 0 Å². The van der Waals surface area contributed by atoms with Crippen LogP contribution in [0.5, 0.6) is 0 Å². The first kappa shape index (κ1) is 21.6. The number of nitrogens with zero attached hydrogens (tertiary/aromatic N) is 3. The fourth-order valence-electron chi connectivity index (χ4n) is 0.840. The minimum Gasteiger partial charge on any atom is -0.421 e. The molecule has 1 aliphatic heterocycles. The summed E-state index contributed by atoms with van der Waals surface area (Å²) < 4.78 is 113. The molecule has 0 radical (unpaired) electrons. The van der Waals surface area contributed by atoms with Crippen LogP contribution in [0.2, 0.25) is 0 Å². The van der Waals surface area contributed by atoms with E-state index < -0.39 is 31.1 Å². The third-order valence-corrected chi connectivity index (χ3v) is 4.62. The molecule has 0 spiro atoms. The van der Waals surface area contributed by atoms with Crippen molar-refractivity contribution < 1.29 is 52.3 Å². The summed E-state index contributed by atoms with van der Waals surface area (Å²) in [5, 5.41) is 0. The van der Waals surface area contributed by atoms with Crippen LogP contribution in [0, 0.1) is 0 Å². The summed E-state index contributed by atoms with van der Waals surface area (Å²) in [7, 11) is -11.5. The molecule has 0 saturated heterocycles. The maximum atomic E-state index is 11.4. The maximum absolute atomic E-state index is 11.4. The Morgan fingerprint density at radius 3 is 1.52 bits per heavy atom. The molecule has 0 aliphatic carbocycles. The van der Waals surface area contributed by atoms with Crippen LogP contribution in [-0.2, 0) is 20.0 Å². The van der Waals surface area contributed by atoms with Crippen LogP contribution in [-0.4, -0.2) is 56.6 Å². The average molecular weight is 390 g/mol. The smallest absolute Gasteiger partial charge is 0.421 e. The molecule has 0 amide bonds. The van der Waals surface area contributed by atoms with E-state index in [2.05, 4.69) is 12.9 Å². The fraction of sp³-hybridized carbons (Fsp3) is 0.625. The minimum atomic E-state index is -6.72. The molecule has 0 saturated carbocycles. The van der Waals surface area contributed by atoms with Crippen molar-refractivity contribution in [3.63, 3.8) is 0 Å². The molecule has 7 nitrogen and oxygen atoms in total. The van der Waals surface area contributed by atoms with E-state index in [0.717, 1.165) is 10.7 Å². The molecule has 15 heteroatoms. The molecule has 134 valence electrons. The zero-order valence-corrected chi connectivity index (χ0v) is 13.1. The van der Waals surface area contributed by atoms with Gasteiger partial charge in [0.15, 0.2) is 33.6 Å². The lowest BCUT2D eigenvalue weighted by Crippen LogP contribution is -2.30.